The van der Waals surface area contributed by atoms with E-state index in [0.29, 0.717) is 0 Å². The van der Waals surface area contributed by atoms with E-state index in [1.807, 2.05) is 12.1 Å². The van der Waals surface area contributed by atoms with Gasteiger partial charge in [0, 0.05) is 89.1 Å². The lowest BCUT2D eigenvalue weighted by Gasteiger charge is -2.34. The van der Waals surface area contributed by atoms with E-state index in [4.69, 9.17) is 4.74 Å². The van der Waals surface area contributed by atoms with Gasteiger partial charge in [0.05, 0.1) is 28.4 Å². The third kappa shape index (κ3) is 12.6. The van der Waals surface area contributed by atoms with E-state index >= 15 is 0 Å². The van der Waals surface area contributed by atoms with Crippen LogP contribution in [0.25, 0.3) is 11.1 Å². The summed E-state index contributed by atoms with van der Waals surface area (Å²) >= 11 is 1.76. The van der Waals surface area contributed by atoms with Crippen molar-refractivity contribution in [1.82, 2.24) is 0 Å². The van der Waals surface area contributed by atoms with Crippen LogP contribution in [0.2, 0.25) is 0 Å². The second-order valence-corrected chi connectivity index (χ2v) is 28.5. The topological polar surface area (TPSA) is 28.7 Å². The molecule has 2 aliphatic rings. The maximum absolute atomic E-state index is 6.49. The summed E-state index contributed by atoms with van der Waals surface area (Å²) in [4.78, 5) is 16.6. The minimum atomic E-state index is -0.384. The second kappa shape index (κ2) is 27.6. The van der Waals surface area contributed by atoms with E-state index in [0.717, 1.165) is 124 Å². The molecule has 1 aliphatic carbocycles. The molecule has 15 aromatic rings. The van der Waals surface area contributed by atoms with Crippen LogP contribution < -0.4 is 34.1 Å². The van der Waals surface area contributed by atoms with Crippen LogP contribution in [0, 0.1) is 20.8 Å². The highest BCUT2D eigenvalue weighted by Crippen LogP contribution is 2.56. The number of anilines is 18. The van der Waals surface area contributed by atoms with Crippen LogP contribution >= 0.6 is 11.8 Å². The fourth-order valence-corrected chi connectivity index (χ4v) is 15.8. The Kier molecular flexibility index (Phi) is 17.2. The molecular formula is C96H76N6OS. The Hall–Kier alpha value is -12.8. The molecule has 1 aliphatic heterocycles. The Balaban J connectivity index is 0.799. The zero-order valence-corrected chi connectivity index (χ0v) is 59.5. The zero-order chi connectivity index (χ0) is 70.3. The summed E-state index contributed by atoms with van der Waals surface area (Å²) in [6, 6.07) is 134. The Morgan fingerprint density at radius 1 is 0.250 bits per heavy atom. The Morgan fingerprint density at radius 2 is 0.538 bits per heavy atom. The molecule has 0 saturated carbocycles. The highest BCUT2D eigenvalue weighted by molar-refractivity contribution is 7.99. The number of aryl methyl sites for hydroxylation is 3. The van der Waals surface area contributed by atoms with Crippen LogP contribution in [0.5, 0.6) is 11.5 Å². The van der Waals surface area contributed by atoms with Crippen molar-refractivity contribution in [2.24, 2.45) is 0 Å². The molecule has 0 aromatic heterocycles. The van der Waals surface area contributed by atoms with E-state index < -0.39 is 0 Å². The number of rotatable bonds is 18. The average molecular weight is 1360 g/mol. The number of para-hydroxylation sites is 8. The van der Waals surface area contributed by atoms with Gasteiger partial charge < -0.3 is 34.1 Å². The third-order valence-corrected chi connectivity index (χ3v) is 20.9. The van der Waals surface area contributed by atoms with Gasteiger partial charge in [0.2, 0.25) is 0 Å². The minimum absolute atomic E-state index is 0.384. The molecule has 1 heterocycles. The molecule has 15 aromatic carbocycles. The molecule has 17 rings (SSSR count). The first-order valence-corrected chi connectivity index (χ1v) is 36.3. The van der Waals surface area contributed by atoms with Crippen molar-refractivity contribution < 1.29 is 4.74 Å². The Morgan fingerprint density at radius 3 is 0.933 bits per heavy atom. The molecular weight excluding hydrogens is 1290 g/mol. The van der Waals surface area contributed by atoms with Crippen LogP contribution in [0.1, 0.15) is 41.7 Å². The van der Waals surface area contributed by atoms with Crippen molar-refractivity contribution in [2.45, 2.75) is 49.8 Å². The minimum Gasteiger partial charge on any atom is -0.453 e. The first kappa shape index (κ1) is 64.6. The van der Waals surface area contributed by atoms with Crippen LogP contribution in [0.15, 0.2) is 380 Å². The summed E-state index contributed by atoms with van der Waals surface area (Å²) in [5.74, 6) is 1.67. The summed E-state index contributed by atoms with van der Waals surface area (Å²) in [6.45, 7) is 11.2. The normalized spacial score (nSPS) is 12.3. The van der Waals surface area contributed by atoms with Crippen LogP contribution in [0.4, 0.5) is 102 Å². The summed E-state index contributed by atoms with van der Waals surface area (Å²) in [7, 11) is 0. The highest BCUT2D eigenvalue weighted by Gasteiger charge is 2.38. The average Bonchev–Trinajstić information content (AvgIpc) is 1.52. The molecule has 7 nitrogen and oxygen atoms in total. The molecule has 502 valence electrons. The number of nitrogens with zero attached hydrogens (tertiary/aromatic N) is 6. The van der Waals surface area contributed by atoms with E-state index in [9.17, 15) is 0 Å². The monoisotopic (exact) mass is 1360 g/mol. The number of fused-ring (bicyclic) bond motifs is 5. The van der Waals surface area contributed by atoms with Crippen LogP contribution in [-0.2, 0) is 5.41 Å². The molecule has 0 radical (unpaired) electrons. The predicted octanol–water partition coefficient (Wildman–Crippen LogP) is 28.0. The number of hydrogen-bond acceptors (Lipinski definition) is 8. The fourth-order valence-electron chi connectivity index (χ4n) is 15.0. The largest absolute Gasteiger partial charge is 0.453 e. The van der Waals surface area contributed by atoms with E-state index in [1.54, 1.807) is 11.8 Å². The van der Waals surface area contributed by atoms with Gasteiger partial charge in [-0.25, -0.2) is 0 Å². The number of ether oxygens (including phenoxy) is 1. The highest BCUT2D eigenvalue weighted by atomic mass is 32.2. The van der Waals surface area contributed by atoms with Crippen molar-refractivity contribution in [1.29, 1.82) is 0 Å². The molecule has 0 amide bonds. The lowest BCUT2D eigenvalue weighted by molar-refractivity contribution is 0.477. The zero-order valence-electron chi connectivity index (χ0n) is 58.7. The molecule has 8 heteroatoms. The van der Waals surface area contributed by atoms with Gasteiger partial charge >= 0.3 is 0 Å². The summed E-state index contributed by atoms with van der Waals surface area (Å²) in [6.07, 6.45) is 0. The number of hydrogen-bond donors (Lipinski definition) is 0. The van der Waals surface area contributed by atoms with Crippen molar-refractivity contribution >= 4 is 114 Å². The van der Waals surface area contributed by atoms with Gasteiger partial charge in [-0.15, -0.1) is 0 Å². The molecule has 0 atom stereocenters. The second-order valence-electron chi connectivity index (χ2n) is 27.3. The van der Waals surface area contributed by atoms with Gasteiger partial charge in [-0.3, -0.25) is 0 Å². The van der Waals surface area contributed by atoms with Crippen molar-refractivity contribution in [2.75, 3.05) is 29.4 Å². The van der Waals surface area contributed by atoms with Gasteiger partial charge in [0.1, 0.15) is 0 Å². The smallest absolute Gasteiger partial charge is 0.151 e. The predicted molar refractivity (Wildman–Crippen MR) is 437 cm³/mol. The maximum Gasteiger partial charge on any atom is 0.151 e. The van der Waals surface area contributed by atoms with E-state index in [2.05, 4.69) is 422 Å². The Labute approximate surface area is 614 Å². The number of benzene rings is 15. The third-order valence-electron chi connectivity index (χ3n) is 19.9. The molecule has 0 fully saturated rings. The molecule has 0 unspecified atom stereocenters. The van der Waals surface area contributed by atoms with Crippen LogP contribution in [-0.4, -0.2) is 0 Å². The van der Waals surface area contributed by atoms with E-state index in [-0.39, 0.29) is 5.41 Å². The first-order valence-electron chi connectivity index (χ1n) is 35.5. The summed E-state index contributed by atoms with van der Waals surface area (Å²) in [5, 5.41) is 0. The molecule has 0 bridgehead atoms. The molecule has 0 saturated heterocycles. The quantitative estimate of drug-likeness (QED) is 0.0839. The standard InChI is InChI=1S/C96H76N6OS/c1-67-25-22-36-78(59-67)97(70-28-10-6-11-29-70)76-47-53-86(54-48-76)104-87-55-49-77(50-56-87)99(72-32-14-8-15-33-72)84-62-83(98(71-30-12-7-13-31-71)74-43-45-75(46-44-74)100(79-37-23-26-68(2)60-79)80-38-24-27-69(3)61-80)63-85(64-84)101(73-34-16-9-17-35-73)81-51-57-88-89-58-52-82(66-91(89)96(4,5)90(88)65-81)102-92-39-18-20-41-94(92)103-95-42-21-19-40-93(95)102/h6-66H,1-5H3. The molecule has 0 spiro atoms. The fraction of sp³-hybridized carbons (Fsp3) is 0.0625. The first-order chi connectivity index (χ1) is 51.0. The van der Waals surface area contributed by atoms with Crippen LogP contribution in [0.3, 0.4) is 0 Å². The SMILES string of the molecule is Cc1cccc(N(c2ccccc2)c2ccc(Sc3ccc(N(c4ccccc4)c4cc(N(c5ccccc5)c5ccc(N(c6cccc(C)c6)c6cccc(C)c6)cc5)cc(N(c5ccccc5)c5ccc6c(c5)C(C)(C)c5cc(N7c8ccccc8Oc8ccccc87)ccc5-6)c4)cc3)cc2)c1. The maximum atomic E-state index is 6.49. The summed E-state index contributed by atoms with van der Waals surface area (Å²) < 4.78 is 6.49. The lowest BCUT2D eigenvalue weighted by Crippen LogP contribution is -2.19. The summed E-state index contributed by atoms with van der Waals surface area (Å²) in [5.41, 5.74) is 27.0. The van der Waals surface area contributed by atoms with Gasteiger partial charge in [-0.1, -0.05) is 171 Å². The van der Waals surface area contributed by atoms with Gasteiger partial charge in [0.25, 0.3) is 0 Å². The van der Waals surface area contributed by atoms with Gasteiger partial charge in [-0.05, 0) is 284 Å². The van der Waals surface area contributed by atoms with Gasteiger partial charge in [-0.2, -0.15) is 0 Å². The van der Waals surface area contributed by atoms with Crippen molar-refractivity contribution in [3.8, 4) is 22.6 Å². The van der Waals surface area contributed by atoms with Crippen molar-refractivity contribution in [3.63, 3.8) is 0 Å². The van der Waals surface area contributed by atoms with E-state index in [1.165, 1.54) is 38.9 Å². The molecule has 104 heavy (non-hydrogen) atoms. The van der Waals surface area contributed by atoms with Gasteiger partial charge in [0.15, 0.2) is 11.5 Å². The van der Waals surface area contributed by atoms with Crippen molar-refractivity contribution in [3.05, 3.63) is 398 Å². The Bertz CT molecular complexity index is 5510. The molecule has 0 N–H and O–H groups in total. The lowest BCUT2D eigenvalue weighted by atomic mass is 9.82.